The Morgan fingerprint density at radius 3 is 2.50 bits per heavy atom. The molecular formula is C29H34N4O4S. The predicted octanol–water partition coefficient (Wildman–Crippen LogP) is 6.39. The molecule has 0 radical (unpaired) electrons. The maximum Gasteiger partial charge on any atom is 0.283 e. The fourth-order valence-electron chi connectivity index (χ4n) is 4.06. The Labute approximate surface area is 228 Å². The molecule has 0 fully saturated rings. The molecule has 1 amide bonds. The van der Waals surface area contributed by atoms with Gasteiger partial charge in [0, 0.05) is 0 Å². The summed E-state index contributed by atoms with van der Waals surface area (Å²) in [6, 6.07) is 11.7. The van der Waals surface area contributed by atoms with Crippen molar-refractivity contribution in [1.82, 2.24) is 5.01 Å². The lowest BCUT2D eigenvalue weighted by Gasteiger charge is -2.20. The number of carbonyl (C=O) groups excluding carboxylic acids is 1. The van der Waals surface area contributed by atoms with Gasteiger partial charge in [-0.1, -0.05) is 39.0 Å². The highest BCUT2D eigenvalue weighted by molar-refractivity contribution is 8.26. The monoisotopic (exact) mass is 534 g/mol. The van der Waals surface area contributed by atoms with Gasteiger partial charge in [0.2, 0.25) is 5.17 Å². The number of hydrogen-bond acceptors (Lipinski definition) is 7. The Balaban J connectivity index is 1.46. The van der Waals surface area contributed by atoms with Crippen LogP contribution in [-0.2, 0) is 4.79 Å². The van der Waals surface area contributed by atoms with Crippen LogP contribution in [0, 0.1) is 12.3 Å². The van der Waals surface area contributed by atoms with Gasteiger partial charge in [0.25, 0.3) is 5.91 Å². The molecule has 2 heterocycles. The number of aryl methyl sites for hydroxylation is 1. The average molecular weight is 535 g/mol. The molecule has 2 aromatic carbocycles. The Hall–Kier alpha value is -3.59. The molecule has 2 aromatic rings. The predicted molar refractivity (Wildman–Crippen MR) is 154 cm³/mol. The number of benzene rings is 2. The van der Waals surface area contributed by atoms with E-state index in [2.05, 4.69) is 49.1 Å². The van der Waals surface area contributed by atoms with Crippen molar-refractivity contribution < 1.29 is 19.0 Å². The molecule has 38 heavy (non-hydrogen) atoms. The Kier molecular flexibility index (Phi) is 8.89. The Morgan fingerprint density at radius 2 is 1.79 bits per heavy atom. The first-order valence-electron chi connectivity index (χ1n) is 12.9. The molecule has 0 aliphatic carbocycles. The van der Waals surface area contributed by atoms with Crippen LogP contribution in [0.5, 0.6) is 17.2 Å². The van der Waals surface area contributed by atoms with Crippen molar-refractivity contribution >= 4 is 39.8 Å². The van der Waals surface area contributed by atoms with Crippen LogP contribution in [0.4, 0.5) is 0 Å². The molecule has 0 saturated heterocycles. The molecule has 8 nitrogen and oxygen atoms in total. The van der Waals surface area contributed by atoms with Crippen molar-refractivity contribution in [3.8, 4) is 17.2 Å². The van der Waals surface area contributed by atoms with E-state index in [-0.39, 0.29) is 11.4 Å². The van der Waals surface area contributed by atoms with Crippen molar-refractivity contribution in [2.24, 2.45) is 10.1 Å². The van der Waals surface area contributed by atoms with E-state index in [4.69, 9.17) is 19.6 Å². The first kappa shape index (κ1) is 27.4. The first-order chi connectivity index (χ1) is 18.3. The number of ether oxygens (including phenoxy) is 3. The highest BCUT2D eigenvalue weighted by Crippen LogP contribution is 2.33. The van der Waals surface area contributed by atoms with Crippen molar-refractivity contribution in [2.45, 2.75) is 53.4 Å². The third kappa shape index (κ3) is 6.27. The number of nitrogens with zero attached hydrogens (tertiary/aromatic N) is 3. The maximum atomic E-state index is 12.7. The molecule has 0 spiro atoms. The molecular weight excluding hydrogens is 500 g/mol. The number of thioether (sulfide) groups is 1. The average Bonchev–Trinajstić information content (AvgIpc) is 3.28. The molecule has 4 rings (SSSR count). The highest BCUT2D eigenvalue weighted by Gasteiger charge is 2.35. The van der Waals surface area contributed by atoms with E-state index in [1.807, 2.05) is 19.9 Å². The fraction of sp³-hybridized carbons (Fsp3) is 0.379. The van der Waals surface area contributed by atoms with E-state index in [1.54, 1.807) is 18.2 Å². The van der Waals surface area contributed by atoms with Gasteiger partial charge in [-0.2, -0.15) is 15.1 Å². The van der Waals surface area contributed by atoms with Crippen LogP contribution in [0.3, 0.4) is 0 Å². The molecule has 0 bridgehead atoms. The minimum absolute atomic E-state index is 0.0194. The standard InChI is InChI=1S/C29H34N4O4S/c1-6-8-26-32-33-27(30)22(28(34)31-29(33)38-26)16-20-10-12-23(25(17-20)35-7-2)36-13-14-37-24-15-19(5)9-11-21(24)18(3)4/h9-12,15-18,30H,6-8,13-14H2,1-5H3/b22-16-,30-27?. The summed E-state index contributed by atoms with van der Waals surface area (Å²) in [5.41, 5.74) is 3.20. The van der Waals surface area contributed by atoms with Gasteiger partial charge in [0.1, 0.15) is 24.0 Å². The van der Waals surface area contributed by atoms with Crippen LogP contribution in [0.15, 0.2) is 52.1 Å². The molecule has 1 N–H and O–H groups in total. The molecule has 200 valence electrons. The van der Waals surface area contributed by atoms with Crippen LogP contribution in [0.2, 0.25) is 0 Å². The summed E-state index contributed by atoms with van der Waals surface area (Å²) in [7, 11) is 0. The van der Waals surface area contributed by atoms with Gasteiger partial charge in [0.15, 0.2) is 17.3 Å². The number of nitrogens with one attached hydrogen (secondary N) is 1. The van der Waals surface area contributed by atoms with E-state index in [0.717, 1.165) is 29.2 Å². The van der Waals surface area contributed by atoms with Gasteiger partial charge in [0.05, 0.1) is 12.2 Å². The summed E-state index contributed by atoms with van der Waals surface area (Å²) in [6.07, 6.45) is 3.36. The molecule has 0 aromatic heterocycles. The summed E-state index contributed by atoms with van der Waals surface area (Å²) in [5, 5.41) is 15.7. The van der Waals surface area contributed by atoms with E-state index in [0.29, 0.717) is 48.0 Å². The third-order valence-electron chi connectivity index (χ3n) is 5.93. The second-order valence-corrected chi connectivity index (χ2v) is 10.3. The van der Waals surface area contributed by atoms with Crippen molar-refractivity contribution in [3.63, 3.8) is 0 Å². The van der Waals surface area contributed by atoms with Crippen LogP contribution in [-0.4, -0.2) is 46.8 Å². The summed E-state index contributed by atoms with van der Waals surface area (Å²) < 4.78 is 17.8. The molecule has 2 aliphatic rings. The van der Waals surface area contributed by atoms with E-state index in [1.165, 1.54) is 22.3 Å². The number of aliphatic imine (C=N–C) groups is 1. The molecule has 2 aliphatic heterocycles. The van der Waals surface area contributed by atoms with Gasteiger partial charge in [-0.15, -0.1) is 0 Å². The van der Waals surface area contributed by atoms with Crippen LogP contribution in [0.25, 0.3) is 6.08 Å². The zero-order valence-electron chi connectivity index (χ0n) is 22.5. The number of rotatable bonds is 11. The zero-order chi connectivity index (χ0) is 27.2. The normalized spacial score (nSPS) is 16.1. The number of hydrazone groups is 1. The van der Waals surface area contributed by atoms with Gasteiger partial charge >= 0.3 is 0 Å². The molecule has 0 atom stereocenters. The van der Waals surface area contributed by atoms with Gasteiger partial charge in [-0.25, -0.2) is 0 Å². The second-order valence-electron chi connectivity index (χ2n) is 9.30. The van der Waals surface area contributed by atoms with Crippen LogP contribution >= 0.6 is 11.8 Å². The highest BCUT2D eigenvalue weighted by atomic mass is 32.2. The van der Waals surface area contributed by atoms with Crippen LogP contribution in [0.1, 0.15) is 63.1 Å². The third-order valence-corrected chi connectivity index (χ3v) is 6.90. The molecule has 0 unspecified atom stereocenters. The Morgan fingerprint density at radius 1 is 1.03 bits per heavy atom. The zero-order valence-corrected chi connectivity index (χ0v) is 23.4. The lowest BCUT2D eigenvalue weighted by atomic mass is 10.0. The first-order valence-corrected chi connectivity index (χ1v) is 13.7. The minimum atomic E-state index is -0.450. The van der Waals surface area contributed by atoms with Gasteiger partial charge in [-0.3, -0.25) is 10.2 Å². The summed E-state index contributed by atoms with van der Waals surface area (Å²) >= 11 is 1.35. The number of hydrogen-bond donors (Lipinski definition) is 1. The largest absolute Gasteiger partial charge is 0.490 e. The minimum Gasteiger partial charge on any atom is -0.490 e. The van der Waals surface area contributed by atoms with Crippen molar-refractivity contribution in [2.75, 3.05) is 19.8 Å². The van der Waals surface area contributed by atoms with Crippen LogP contribution < -0.4 is 14.2 Å². The van der Waals surface area contributed by atoms with Gasteiger partial charge < -0.3 is 14.2 Å². The van der Waals surface area contributed by atoms with E-state index in [9.17, 15) is 4.79 Å². The number of amides is 1. The molecule has 9 heteroatoms. The quantitative estimate of drug-likeness (QED) is 0.265. The summed E-state index contributed by atoms with van der Waals surface area (Å²) in [6.45, 7) is 11.5. The number of carbonyl (C=O) groups is 1. The summed E-state index contributed by atoms with van der Waals surface area (Å²) in [4.78, 5) is 16.9. The topological polar surface area (TPSA) is 96.6 Å². The maximum absolute atomic E-state index is 12.7. The fourth-order valence-corrected chi connectivity index (χ4v) is 5.05. The smallest absolute Gasteiger partial charge is 0.283 e. The SMILES string of the molecule is CCCC1=NN2C(=N)/C(=C/c3ccc(OCCOc4cc(C)ccc4C(C)C)c(OCC)c3)C(=O)N=C2S1. The number of fused-ring (bicyclic) bond motifs is 1. The van der Waals surface area contributed by atoms with Crippen molar-refractivity contribution in [3.05, 3.63) is 58.7 Å². The lowest BCUT2D eigenvalue weighted by Crippen LogP contribution is -2.35. The second kappa shape index (κ2) is 12.3. The van der Waals surface area contributed by atoms with E-state index >= 15 is 0 Å². The molecule has 0 saturated carbocycles. The number of amidine groups is 2. The Bertz CT molecular complexity index is 1320. The van der Waals surface area contributed by atoms with Gasteiger partial charge in [-0.05, 0) is 85.3 Å². The van der Waals surface area contributed by atoms with E-state index < -0.39 is 5.91 Å². The lowest BCUT2D eigenvalue weighted by molar-refractivity contribution is -0.114. The summed E-state index contributed by atoms with van der Waals surface area (Å²) in [5.74, 6) is 1.95. The van der Waals surface area contributed by atoms with Crippen molar-refractivity contribution in [1.29, 1.82) is 5.41 Å².